The standard InChI is InChI=1S/C26H30F3NO4/c1-24(2)12-17-20(19(31)13-24)22-21(18(30-17)14-32-3)23(34-25(22)8-10-33-11-9-25)15-4-6-16(7-5-15)26(27,28)29/h4-7,19,23,31H,8-14H2,1-3H3/t19-,23+/m0/s1. The van der Waals surface area contributed by atoms with Gasteiger partial charge in [-0.2, -0.15) is 13.2 Å². The van der Waals surface area contributed by atoms with Crippen LogP contribution in [0.25, 0.3) is 0 Å². The number of benzene rings is 1. The summed E-state index contributed by atoms with van der Waals surface area (Å²) in [6, 6.07) is 5.13. The van der Waals surface area contributed by atoms with Crippen LogP contribution in [0.1, 0.15) is 84.5 Å². The highest BCUT2D eigenvalue weighted by molar-refractivity contribution is 5.53. The van der Waals surface area contributed by atoms with E-state index in [1.54, 1.807) is 7.11 Å². The second-order valence-corrected chi connectivity index (χ2v) is 10.4. The Hall–Kier alpha value is -2.00. The zero-order valence-electron chi connectivity index (χ0n) is 19.7. The predicted molar refractivity (Wildman–Crippen MR) is 118 cm³/mol. The molecule has 0 amide bonds. The van der Waals surface area contributed by atoms with Crippen LogP contribution in [0, 0.1) is 5.41 Å². The summed E-state index contributed by atoms with van der Waals surface area (Å²) in [4.78, 5) is 4.95. The highest BCUT2D eigenvalue weighted by atomic mass is 19.4. The minimum Gasteiger partial charge on any atom is -0.388 e. The van der Waals surface area contributed by atoms with E-state index in [1.165, 1.54) is 12.1 Å². The van der Waals surface area contributed by atoms with Gasteiger partial charge in [0.2, 0.25) is 0 Å². The average molecular weight is 478 g/mol. The van der Waals surface area contributed by atoms with E-state index >= 15 is 0 Å². The Morgan fingerprint density at radius 3 is 2.41 bits per heavy atom. The second kappa shape index (κ2) is 8.29. The molecule has 1 saturated heterocycles. The van der Waals surface area contributed by atoms with Crippen molar-refractivity contribution in [2.75, 3.05) is 20.3 Å². The highest BCUT2D eigenvalue weighted by Crippen LogP contribution is 2.57. The van der Waals surface area contributed by atoms with Crippen LogP contribution in [0.15, 0.2) is 24.3 Å². The van der Waals surface area contributed by atoms with Gasteiger partial charge in [-0.25, -0.2) is 0 Å². The van der Waals surface area contributed by atoms with Gasteiger partial charge in [0.25, 0.3) is 0 Å². The number of aromatic nitrogens is 1. The molecule has 1 N–H and O–H groups in total. The lowest BCUT2D eigenvalue weighted by molar-refractivity contribution is -0.137. The van der Waals surface area contributed by atoms with Crippen molar-refractivity contribution in [2.24, 2.45) is 5.41 Å². The number of ether oxygens (including phenoxy) is 3. The van der Waals surface area contributed by atoms with Crippen molar-refractivity contribution in [3.8, 4) is 0 Å². The first-order chi connectivity index (χ1) is 16.0. The summed E-state index contributed by atoms with van der Waals surface area (Å²) < 4.78 is 57.4. The van der Waals surface area contributed by atoms with E-state index in [4.69, 9.17) is 19.2 Å². The minimum atomic E-state index is -4.41. The van der Waals surface area contributed by atoms with Crippen LogP contribution in [0.2, 0.25) is 0 Å². The number of aliphatic hydroxyl groups excluding tert-OH is 1. The zero-order valence-corrected chi connectivity index (χ0v) is 19.7. The van der Waals surface area contributed by atoms with Gasteiger partial charge in [0.15, 0.2) is 0 Å². The summed E-state index contributed by atoms with van der Waals surface area (Å²) in [6.07, 6.45) is -3.15. The third-order valence-corrected chi connectivity index (χ3v) is 7.34. The van der Waals surface area contributed by atoms with Gasteiger partial charge in [-0.1, -0.05) is 26.0 Å². The Kier molecular flexibility index (Phi) is 5.79. The normalized spacial score (nSPS) is 25.3. The molecule has 0 radical (unpaired) electrons. The number of fused-ring (bicyclic) bond motifs is 4. The summed E-state index contributed by atoms with van der Waals surface area (Å²) in [7, 11) is 1.60. The Bertz CT molecular complexity index is 1070. The van der Waals surface area contributed by atoms with Crippen molar-refractivity contribution in [1.82, 2.24) is 4.98 Å². The summed E-state index contributed by atoms with van der Waals surface area (Å²) in [5.41, 5.74) is 3.31. The highest BCUT2D eigenvalue weighted by Gasteiger charge is 2.52. The predicted octanol–water partition coefficient (Wildman–Crippen LogP) is 5.38. The number of aliphatic hydroxyl groups is 1. The van der Waals surface area contributed by atoms with Crippen molar-refractivity contribution in [1.29, 1.82) is 0 Å². The van der Waals surface area contributed by atoms with Gasteiger partial charge in [0.05, 0.1) is 29.6 Å². The third kappa shape index (κ3) is 3.94. The van der Waals surface area contributed by atoms with Crippen molar-refractivity contribution < 1.29 is 32.5 Å². The van der Waals surface area contributed by atoms with Gasteiger partial charge in [-0.05, 0) is 41.5 Å². The smallest absolute Gasteiger partial charge is 0.388 e. The summed E-state index contributed by atoms with van der Waals surface area (Å²) in [6.45, 7) is 5.51. The molecular weight excluding hydrogens is 447 g/mol. The first-order valence-corrected chi connectivity index (χ1v) is 11.7. The van der Waals surface area contributed by atoms with Gasteiger partial charge in [0, 0.05) is 50.0 Å². The molecule has 2 aromatic rings. The fraction of sp³-hybridized carbons (Fsp3) is 0.577. The van der Waals surface area contributed by atoms with E-state index in [1.807, 2.05) is 0 Å². The summed E-state index contributed by atoms with van der Waals surface area (Å²) >= 11 is 0. The van der Waals surface area contributed by atoms with Gasteiger partial charge < -0.3 is 19.3 Å². The van der Waals surface area contributed by atoms with Crippen LogP contribution in [0.4, 0.5) is 13.2 Å². The molecular formula is C26H30F3NO4. The van der Waals surface area contributed by atoms with Gasteiger partial charge in [-0.3, -0.25) is 4.98 Å². The number of nitrogens with zero attached hydrogens (tertiary/aromatic N) is 1. The van der Waals surface area contributed by atoms with E-state index in [2.05, 4.69) is 13.8 Å². The number of methoxy groups -OCH3 is 1. The Morgan fingerprint density at radius 2 is 1.79 bits per heavy atom. The maximum Gasteiger partial charge on any atom is 0.416 e. The molecule has 0 unspecified atom stereocenters. The number of rotatable bonds is 3. The van der Waals surface area contributed by atoms with Crippen LogP contribution >= 0.6 is 0 Å². The summed E-state index contributed by atoms with van der Waals surface area (Å²) in [5.74, 6) is 0. The van der Waals surface area contributed by atoms with Gasteiger partial charge in [-0.15, -0.1) is 0 Å². The molecule has 8 heteroatoms. The molecule has 0 bridgehead atoms. The fourth-order valence-corrected chi connectivity index (χ4v) is 5.88. The molecule has 3 heterocycles. The number of hydrogen-bond acceptors (Lipinski definition) is 5. The molecule has 1 aromatic heterocycles. The van der Waals surface area contributed by atoms with Crippen LogP contribution in [0.3, 0.4) is 0 Å². The van der Waals surface area contributed by atoms with Crippen LogP contribution in [-0.2, 0) is 39.0 Å². The molecule has 1 aliphatic carbocycles. The van der Waals surface area contributed by atoms with E-state index in [-0.39, 0.29) is 12.0 Å². The molecule has 1 aromatic carbocycles. The molecule has 1 fully saturated rings. The lowest BCUT2D eigenvalue weighted by Gasteiger charge is -2.40. The van der Waals surface area contributed by atoms with Crippen LogP contribution in [0.5, 0.6) is 0 Å². The Balaban J connectivity index is 1.72. The molecule has 5 nitrogen and oxygen atoms in total. The van der Waals surface area contributed by atoms with Crippen LogP contribution < -0.4 is 0 Å². The van der Waals surface area contributed by atoms with E-state index < -0.39 is 29.5 Å². The van der Waals surface area contributed by atoms with Crippen molar-refractivity contribution in [3.63, 3.8) is 0 Å². The fourth-order valence-electron chi connectivity index (χ4n) is 5.88. The van der Waals surface area contributed by atoms with E-state index in [0.29, 0.717) is 38.0 Å². The molecule has 2 atom stereocenters. The molecule has 0 saturated carbocycles. The number of hydrogen-bond donors (Lipinski definition) is 1. The summed E-state index contributed by atoms with van der Waals surface area (Å²) in [5, 5.41) is 11.3. The van der Waals surface area contributed by atoms with E-state index in [9.17, 15) is 18.3 Å². The van der Waals surface area contributed by atoms with Crippen molar-refractivity contribution in [3.05, 3.63) is 63.5 Å². The zero-order chi connectivity index (χ0) is 24.3. The van der Waals surface area contributed by atoms with Gasteiger partial charge >= 0.3 is 6.18 Å². The number of halogens is 3. The van der Waals surface area contributed by atoms with Crippen molar-refractivity contribution >= 4 is 0 Å². The monoisotopic (exact) mass is 477 g/mol. The Labute approximate surface area is 197 Å². The molecule has 34 heavy (non-hydrogen) atoms. The lowest BCUT2D eigenvalue weighted by Crippen LogP contribution is -2.37. The van der Waals surface area contributed by atoms with E-state index in [0.717, 1.165) is 46.6 Å². The average Bonchev–Trinajstić information content (AvgIpc) is 3.07. The first-order valence-electron chi connectivity index (χ1n) is 11.7. The Morgan fingerprint density at radius 1 is 1.12 bits per heavy atom. The number of pyridine rings is 1. The molecule has 1 spiro atoms. The lowest BCUT2D eigenvalue weighted by atomic mass is 9.70. The molecule has 3 aliphatic rings. The van der Waals surface area contributed by atoms with Crippen molar-refractivity contribution in [2.45, 2.75) is 70.1 Å². The maximum atomic E-state index is 13.2. The minimum absolute atomic E-state index is 0.104. The third-order valence-electron chi connectivity index (χ3n) is 7.34. The molecule has 5 rings (SSSR count). The topological polar surface area (TPSA) is 60.8 Å². The SMILES string of the molecule is COCc1nc2c(c3c1[C@@H](c1ccc(C(F)(F)F)cc1)OC31CCOCC1)[C@@H](O)CC(C)(C)C2. The van der Waals surface area contributed by atoms with Crippen LogP contribution in [-0.4, -0.2) is 30.4 Å². The van der Waals surface area contributed by atoms with Gasteiger partial charge in [0.1, 0.15) is 6.10 Å². The maximum absolute atomic E-state index is 13.2. The largest absolute Gasteiger partial charge is 0.416 e. The molecule has 2 aliphatic heterocycles. The second-order valence-electron chi connectivity index (χ2n) is 10.4. The molecule has 184 valence electrons. The number of alkyl halides is 3. The first kappa shape index (κ1) is 23.7. The quantitative estimate of drug-likeness (QED) is 0.644.